The van der Waals surface area contributed by atoms with Crippen molar-refractivity contribution in [3.63, 3.8) is 0 Å². The van der Waals surface area contributed by atoms with E-state index in [1.165, 1.54) is 11.1 Å². The summed E-state index contributed by atoms with van der Waals surface area (Å²) in [4.78, 5) is 0. The first-order valence-electron chi connectivity index (χ1n) is 7.29. The third-order valence-corrected chi connectivity index (χ3v) is 3.90. The molecule has 1 aliphatic rings. The zero-order valence-corrected chi connectivity index (χ0v) is 11.9. The fourth-order valence-electron chi connectivity index (χ4n) is 2.74. The topological polar surface area (TPSA) is 44.5 Å². The van der Waals surface area contributed by atoms with Crippen LogP contribution in [0.15, 0.2) is 18.2 Å². The molecule has 1 heterocycles. The molecule has 1 aromatic rings. The molecule has 1 fully saturated rings. The molecule has 0 radical (unpaired) electrons. The van der Waals surface area contributed by atoms with Crippen LogP contribution >= 0.6 is 0 Å². The van der Waals surface area contributed by atoms with E-state index >= 15 is 0 Å². The van der Waals surface area contributed by atoms with E-state index in [1.54, 1.807) is 7.11 Å². The monoisotopic (exact) mass is 263 g/mol. The van der Waals surface area contributed by atoms with E-state index in [0.29, 0.717) is 5.92 Å². The summed E-state index contributed by atoms with van der Waals surface area (Å²) in [6.45, 7) is 2.54. The van der Waals surface area contributed by atoms with Crippen molar-refractivity contribution in [2.75, 3.05) is 26.9 Å². The molecule has 19 heavy (non-hydrogen) atoms. The number of hydrogen-bond acceptors (Lipinski definition) is 3. The van der Waals surface area contributed by atoms with Crippen molar-refractivity contribution in [3.05, 3.63) is 29.3 Å². The van der Waals surface area contributed by atoms with E-state index in [-0.39, 0.29) is 0 Å². The summed E-state index contributed by atoms with van der Waals surface area (Å²) in [7, 11) is 1.75. The summed E-state index contributed by atoms with van der Waals surface area (Å²) in [6.07, 6.45) is 5.52. The van der Waals surface area contributed by atoms with Gasteiger partial charge in [0.2, 0.25) is 0 Å². The van der Waals surface area contributed by atoms with Crippen molar-refractivity contribution < 1.29 is 9.47 Å². The lowest BCUT2D eigenvalue weighted by Crippen LogP contribution is -2.14. The predicted molar refractivity (Wildman–Crippen MR) is 77.8 cm³/mol. The van der Waals surface area contributed by atoms with Gasteiger partial charge in [-0.3, -0.25) is 0 Å². The van der Waals surface area contributed by atoms with E-state index in [9.17, 15) is 0 Å². The molecule has 3 nitrogen and oxygen atoms in total. The largest absolute Gasteiger partial charge is 0.496 e. The number of methoxy groups -OCH3 is 1. The minimum Gasteiger partial charge on any atom is -0.496 e. The van der Waals surface area contributed by atoms with Crippen LogP contribution in [0.2, 0.25) is 0 Å². The Balaban J connectivity index is 2.09. The first-order valence-corrected chi connectivity index (χ1v) is 7.29. The van der Waals surface area contributed by atoms with Crippen LogP contribution in [0.25, 0.3) is 0 Å². The van der Waals surface area contributed by atoms with E-state index < -0.39 is 0 Å². The number of unbranched alkanes of at least 4 members (excludes halogenated alkanes) is 1. The van der Waals surface area contributed by atoms with Crippen molar-refractivity contribution >= 4 is 0 Å². The molecule has 0 spiro atoms. The molecule has 3 heteroatoms. The van der Waals surface area contributed by atoms with Crippen LogP contribution in [-0.2, 0) is 11.2 Å². The van der Waals surface area contributed by atoms with Gasteiger partial charge in [-0.2, -0.15) is 0 Å². The normalized spacial score (nSPS) is 16.5. The molecule has 0 bridgehead atoms. The average Bonchev–Trinajstić information content (AvgIpc) is 2.48. The van der Waals surface area contributed by atoms with Gasteiger partial charge in [-0.25, -0.2) is 0 Å². The molecule has 2 rings (SSSR count). The zero-order chi connectivity index (χ0) is 13.5. The highest BCUT2D eigenvalue weighted by molar-refractivity contribution is 5.38. The van der Waals surface area contributed by atoms with Gasteiger partial charge >= 0.3 is 0 Å². The molecule has 0 aliphatic carbocycles. The molecule has 0 aromatic heterocycles. The maximum Gasteiger partial charge on any atom is 0.122 e. The van der Waals surface area contributed by atoms with Crippen LogP contribution in [0.4, 0.5) is 0 Å². The molecular weight excluding hydrogens is 238 g/mol. The Bertz CT molecular complexity index is 386. The van der Waals surface area contributed by atoms with E-state index in [2.05, 4.69) is 18.2 Å². The minimum absolute atomic E-state index is 0.646. The van der Waals surface area contributed by atoms with Gasteiger partial charge in [0.15, 0.2) is 0 Å². The van der Waals surface area contributed by atoms with Gasteiger partial charge in [0.1, 0.15) is 5.75 Å². The van der Waals surface area contributed by atoms with Gasteiger partial charge in [0, 0.05) is 13.2 Å². The summed E-state index contributed by atoms with van der Waals surface area (Å²) in [5, 5.41) is 0. The fraction of sp³-hybridized carbons (Fsp3) is 0.625. The molecule has 2 N–H and O–H groups in total. The molecule has 1 aromatic carbocycles. The maximum atomic E-state index is 5.56. The Hall–Kier alpha value is -1.06. The number of benzene rings is 1. The third kappa shape index (κ3) is 3.95. The van der Waals surface area contributed by atoms with Crippen LogP contribution in [0.1, 0.15) is 42.7 Å². The number of rotatable bonds is 6. The summed E-state index contributed by atoms with van der Waals surface area (Å²) in [6, 6.07) is 6.65. The van der Waals surface area contributed by atoms with Crippen molar-refractivity contribution in [2.45, 2.75) is 38.0 Å². The van der Waals surface area contributed by atoms with Crippen LogP contribution in [0.5, 0.6) is 5.75 Å². The smallest absolute Gasteiger partial charge is 0.122 e. The molecule has 106 valence electrons. The van der Waals surface area contributed by atoms with Crippen molar-refractivity contribution in [1.29, 1.82) is 0 Å². The van der Waals surface area contributed by atoms with Gasteiger partial charge in [-0.05, 0) is 61.8 Å². The lowest BCUT2D eigenvalue weighted by atomic mass is 9.89. The Morgan fingerprint density at radius 2 is 2.05 bits per heavy atom. The van der Waals surface area contributed by atoms with Crippen LogP contribution in [-0.4, -0.2) is 26.9 Å². The highest BCUT2D eigenvalue weighted by Gasteiger charge is 2.17. The van der Waals surface area contributed by atoms with Gasteiger partial charge in [0.25, 0.3) is 0 Å². The molecule has 0 atom stereocenters. The quantitative estimate of drug-likeness (QED) is 0.803. The number of aryl methyl sites for hydroxylation is 1. The number of nitrogens with two attached hydrogens (primary N) is 1. The van der Waals surface area contributed by atoms with Gasteiger partial charge in [-0.1, -0.05) is 12.1 Å². The molecule has 1 aliphatic heterocycles. The van der Waals surface area contributed by atoms with Gasteiger partial charge in [-0.15, -0.1) is 0 Å². The lowest BCUT2D eigenvalue weighted by molar-refractivity contribution is 0.0853. The Morgan fingerprint density at radius 3 is 2.74 bits per heavy atom. The standard InChI is InChI=1S/C16H25NO2/c1-18-16-6-5-14(13-7-10-19-11-8-13)12-15(16)4-2-3-9-17/h5-6,12-13H,2-4,7-11,17H2,1H3. The average molecular weight is 263 g/mol. The summed E-state index contributed by atoms with van der Waals surface area (Å²) >= 11 is 0. The van der Waals surface area contributed by atoms with Crippen LogP contribution in [0.3, 0.4) is 0 Å². The SMILES string of the molecule is COc1ccc(C2CCOCC2)cc1CCCCN. The fourth-order valence-corrected chi connectivity index (χ4v) is 2.74. The Labute approximate surface area is 116 Å². The Morgan fingerprint density at radius 1 is 1.26 bits per heavy atom. The Kier molecular flexibility index (Phi) is 5.67. The second-order valence-corrected chi connectivity index (χ2v) is 5.20. The molecule has 0 unspecified atom stereocenters. The zero-order valence-electron chi connectivity index (χ0n) is 11.9. The first kappa shape index (κ1) is 14.4. The third-order valence-electron chi connectivity index (χ3n) is 3.90. The highest BCUT2D eigenvalue weighted by atomic mass is 16.5. The van der Waals surface area contributed by atoms with Crippen molar-refractivity contribution in [1.82, 2.24) is 0 Å². The number of ether oxygens (including phenoxy) is 2. The van der Waals surface area contributed by atoms with E-state index in [1.807, 2.05) is 0 Å². The second-order valence-electron chi connectivity index (χ2n) is 5.20. The predicted octanol–water partition coefficient (Wildman–Crippen LogP) is 2.87. The van der Waals surface area contributed by atoms with Crippen molar-refractivity contribution in [3.8, 4) is 5.75 Å². The maximum absolute atomic E-state index is 5.56. The van der Waals surface area contributed by atoms with E-state index in [0.717, 1.165) is 57.6 Å². The van der Waals surface area contributed by atoms with Crippen LogP contribution < -0.4 is 10.5 Å². The molecule has 0 amide bonds. The van der Waals surface area contributed by atoms with Crippen LogP contribution in [0, 0.1) is 0 Å². The summed E-state index contributed by atoms with van der Waals surface area (Å²) in [5.74, 6) is 1.65. The molecular formula is C16H25NO2. The molecule has 0 saturated carbocycles. The lowest BCUT2D eigenvalue weighted by Gasteiger charge is -2.23. The summed E-state index contributed by atoms with van der Waals surface area (Å²) in [5.41, 5.74) is 8.32. The van der Waals surface area contributed by atoms with Crippen molar-refractivity contribution in [2.24, 2.45) is 5.73 Å². The minimum atomic E-state index is 0.646. The van der Waals surface area contributed by atoms with Gasteiger partial charge < -0.3 is 15.2 Å². The number of hydrogen-bond donors (Lipinski definition) is 1. The molecule has 1 saturated heterocycles. The second kappa shape index (κ2) is 7.51. The summed E-state index contributed by atoms with van der Waals surface area (Å²) < 4.78 is 10.9. The first-order chi connectivity index (χ1) is 9.35. The van der Waals surface area contributed by atoms with E-state index in [4.69, 9.17) is 15.2 Å². The highest BCUT2D eigenvalue weighted by Crippen LogP contribution is 2.31. The van der Waals surface area contributed by atoms with Gasteiger partial charge in [0.05, 0.1) is 7.11 Å².